The standard InChI is InChI=1S/C28H29N5O4S/c1-5-36-25(34)13-7-17-6-12-22-21(14-17)33-16-20(30-27(33)38-22)18-8-10-19(11-9-18)29-26(35)31-24-15-23(37-32-24)28(2,3)4/h6,8-12,14-16H,5,7,13H2,1-4H3,(H2,29,31,32,35). The number of nitrogens with one attached hydrogen (secondary N) is 2. The van der Waals surface area contributed by atoms with E-state index in [1.54, 1.807) is 17.4 Å². The van der Waals surface area contributed by atoms with Gasteiger partial charge in [-0.15, -0.1) is 0 Å². The Bertz CT molecular complexity index is 1610. The fraction of sp³-hybridized carbons (Fsp3) is 0.286. The summed E-state index contributed by atoms with van der Waals surface area (Å²) in [5.41, 5.74) is 4.35. The molecule has 196 valence electrons. The van der Waals surface area contributed by atoms with Crippen molar-refractivity contribution in [2.75, 3.05) is 17.2 Å². The minimum Gasteiger partial charge on any atom is -0.466 e. The van der Waals surface area contributed by atoms with Crippen LogP contribution in [0.25, 0.3) is 26.4 Å². The zero-order chi connectivity index (χ0) is 26.9. The largest absolute Gasteiger partial charge is 0.466 e. The average Bonchev–Trinajstić information content (AvgIpc) is 3.58. The zero-order valence-electron chi connectivity index (χ0n) is 21.7. The molecule has 3 heterocycles. The smallest absolute Gasteiger partial charge is 0.324 e. The number of aryl methyl sites for hydroxylation is 1. The molecule has 0 spiro atoms. The molecule has 2 N–H and O–H groups in total. The molecule has 0 fully saturated rings. The number of fused-ring (bicyclic) bond motifs is 3. The van der Waals surface area contributed by atoms with Crippen molar-refractivity contribution in [3.63, 3.8) is 0 Å². The molecule has 0 unspecified atom stereocenters. The molecular weight excluding hydrogens is 502 g/mol. The molecule has 0 radical (unpaired) electrons. The predicted molar refractivity (Wildman–Crippen MR) is 149 cm³/mol. The number of carbonyl (C=O) groups excluding carboxylic acids is 2. The Balaban J connectivity index is 1.27. The Hall–Kier alpha value is -4.18. The third-order valence-electron chi connectivity index (χ3n) is 6.01. The third kappa shape index (κ3) is 5.55. The number of carbonyl (C=O) groups is 2. The SMILES string of the molecule is CCOC(=O)CCc1ccc2sc3nc(-c4ccc(NC(=O)Nc5cc(C(C)(C)C)on5)cc4)cn3c2c1. The molecule has 0 aliphatic rings. The van der Waals surface area contributed by atoms with E-state index in [9.17, 15) is 9.59 Å². The maximum atomic E-state index is 12.4. The summed E-state index contributed by atoms with van der Waals surface area (Å²) in [6.07, 6.45) is 3.00. The van der Waals surface area contributed by atoms with Crippen LogP contribution in [-0.2, 0) is 21.4 Å². The lowest BCUT2D eigenvalue weighted by molar-refractivity contribution is -0.143. The Morgan fingerprint density at radius 1 is 1.08 bits per heavy atom. The van der Waals surface area contributed by atoms with Gasteiger partial charge in [0.15, 0.2) is 10.8 Å². The molecular formula is C28H29N5O4S. The van der Waals surface area contributed by atoms with Gasteiger partial charge in [-0.05, 0) is 43.2 Å². The topological polar surface area (TPSA) is 111 Å². The molecule has 10 heteroatoms. The highest BCUT2D eigenvalue weighted by Crippen LogP contribution is 2.31. The first-order chi connectivity index (χ1) is 18.2. The highest BCUT2D eigenvalue weighted by molar-refractivity contribution is 7.23. The van der Waals surface area contributed by atoms with Gasteiger partial charge in [0.25, 0.3) is 0 Å². The normalized spacial score (nSPS) is 11.7. The highest BCUT2D eigenvalue weighted by Gasteiger charge is 2.20. The number of nitrogens with zero attached hydrogens (tertiary/aromatic N) is 3. The quantitative estimate of drug-likeness (QED) is 0.228. The summed E-state index contributed by atoms with van der Waals surface area (Å²) in [6, 6.07) is 15.0. The van der Waals surface area contributed by atoms with Crippen LogP contribution in [0.1, 0.15) is 45.4 Å². The number of imidazole rings is 1. The first kappa shape index (κ1) is 25.5. The Labute approximate surface area is 223 Å². The van der Waals surface area contributed by atoms with Crippen molar-refractivity contribution in [3.8, 4) is 11.3 Å². The molecule has 0 aliphatic heterocycles. The van der Waals surface area contributed by atoms with Gasteiger partial charge in [-0.2, -0.15) is 0 Å². The fourth-order valence-corrected chi connectivity index (χ4v) is 5.00. The number of ether oxygens (including phenoxy) is 1. The predicted octanol–water partition coefficient (Wildman–Crippen LogP) is 6.64. The lowest BCUT2D eigenvalue weighted by atomic mass is 9.93. The summed E-state index contributed by atoms with van der Waals surface area (Å²) >= 11 is 1.62. The Kier molecular flexibility index (Phi) is 6.90. The molecule has 0 saturated carbocycles. The van der Waals surface area contributed by atoms with E-state index < -0.39 is 6.03 Å². The second kappa shape index (κ2) is 10.3. The van der Waals surface area contributed by atoms with Crippen LogP contribution in [-0.4, -0.2) is 33.1 Å². The number of urea groups is 1. The number of anilines is 2. The Morgan fingerprint density at radius 2 is 1.87 bits per heavy atom. The lowest BCUT2D eigenvalue weighted by Crippen LogP contribution is -2.19. The zero-order valence-corrected chi connectivity index (χ0v) is 22.5. The van der Waals surface area contributed by atoms with Crippen molar-refractivity contribution in [2.24, 2.45) is 0 Å². The molecule has 9 nitrogen and oxygen atoms in total. The van der Waals surface area contributed by atoms with Gasteiger partial charge >= 0.3 is 12.0 Å². The van der Waals surface area contributed by atoms with Gasteiger partial charge in [0.05, 0.1) is 22.5 Å². The van der Waals surface area contributed by atoms with E-state index in [1.807, 2.05) is 64.2 Å². The minimum atomic E-state index is -0.403. The molecule has 5 rings (SSSR count). The van der Waals surface area contributed by atoms with Crippen molar-refractivity contribution in [1.29, 1.82) is 0 Å². The Morgan fingerprint density at radius 3 is 2.58 bits per heavy atom. The molecule has 38 heavy (non-hydrogen) atoms. The summed E-state index contributed by atoms with van der Waals surface area (Å²) in [4.78, 5) is 29.8. The molecule has 0 atom stereocenters. The molecule has 5 aromatic rings. The van der Waals surface area contributed by atoms with Crippen LogP contribution in [0.2, 0.25) is 0 Å². The van der Waals surface area contributed by atoms with Crippen molar-refractivity contribution in [2.45, 2.75) is 46.0 Å². The number of aromatic nitrogens is 3. The van der Waals surface area contributed by atoms with Gasteiger partial charge in [-0.3, -0.25) is 14.5 Å². The van der Waals surface area contributed by atoms with E-state index >= 15 is 0 Å². The van der Waals surface area contributed by atoms with Crippen LogP contribution in [0.15, 0.2) is 59.3 Å². The second-order valence-corrected chi connectivity index (χ2v) is 11.0. The van der Waals surface area contributed by atoms with E-state index in [4.69, 9.17) is 14.2 Å². The second-order valence-electron chi connectivity index (χ2n) is 9.97. The number of amides is 2. The van der Waals surface area contributed by atoms with Gasteiger partial charge in [0.2, 0.25) is 0 Å². The molecule has 0 aliphatic carbocycles. The number of hydrogen-bond donors (Lipinski definition) is 2. The lowest BCUT2D eigenvalue weighted by Gasteiger charge is -2.12. The minimum absolute atomic E-state index is 0.184. The van der Waals surface area contributed by atoms with Crippen molar-refractivity contribution >= 4 is 50.0 Å². The summed E-state index contributed by atoms with van der Waals surface area (Å²) in [5, 5.41) is 9.41. The first-order valence-electron chi connectivity index (χ1n) is 12.4. The summed E-state index contributed by atoms with van der Waals surface area (Å²) in [7, 11) is 0. The van der Waals surface area contributed by atoms with Gasteiger partial charge in [0.1, 0.15) is 5.76 Å². The first-order valence-corrected chi connectivity index (χ1v) is 13.2. The molecule has 0 bridgehead atoms. The number of thiazole rings is 1. The molecule has 3 aromatic heterocycles. The van der Waals surface area contributed by atoms with Crippen LogP contribution in [0.3, 0.4) is 0 Å². The molecule has 0 saturated heterocycles. The van der Waals surface area contributed by atoms with Crippen molar-refractivity contribution < 1.29 is 18.8 Å². The van der Waals surface area contributed by atoms with Gasteiger partial charge in [-0.25, -0.2) is 9.78 Å². The van der Waals surface area contributed by atoms with E-state index in [0.29, 0.717) is 36.7 Å². The highest BCUT2D eigenvalue weighted by atomic mass is 32.1. The van der Waals surface area contributed by atoms with Crippen LogP contribution in [0, 0.1) is 0 Å². The molecule has 2 aromatic carbocycles. The van der Waals surface area contributed by atoms with Crippen molar-refractivity contribution in [3.05, 3.63) is 66.1 Å². The number of rotatable bonds is 7. The van der Waals surface area contributed by atoms with Crippen LogP contribution < -0.4 is 10.6 Å². The average molecular weight is 532 g/mol. The monoisotopic (exact) mass is 531 g/mol. The summed E-state index contributed by atoms with van der Waals surface area (Å²) in [5.74, 6) is 0.868. The summed E-state index contributed by atoms with van der Waals surface area (Å²) in [6.45, 7) is 8.24. The maximum absolute atomic E-state index is 12.4. The fourth-order valence-electron chi connectivity index (χ4n) is 4.01. The number of esters is 1. The number of benzene rings is 2. The third-order valence-corrected chi connectivity index (χ3v) is 7.05. The maximum Gasteiger partial charge on any atom is 0.324 e. The van der Waals surface area contributed by atoms with Crippen LogP contribution in [0.4, 0.5) is 16.3 Å². The van der Waals surface area contributed by atoms with E-state index in [0.717, 1.165) is 32.0 Å². The molecule has 2 amide bonds. The van der Waals surface area contributed by atoms with E-state index in [-0.39, 0.29) is 11.4 Å². The van der Waals surface area contributed by atoms with E-state index in [1.165, 1.54) is 0 Å². The van der Waals surface area contributed by atoms with E-state index in [2.05, 4.69) is 32.3 Å². The van der Waals surface area contributed by atoms with Crippen molar-refractivity contribution in [1.82, 2.24) is 14.5 Å². The number of hydrogen-bond acceptors (Lipinski definition) is 7. The summed E-state index contributed by atoms with van der Waals surface area (Å²) < 4.78 is 13.6. The van der Waals surface area contributed by atoms with Gasteiger partial charge in [0, 0.05) is 35.3 Å². The van der Waals surface area contributed by atoms with Gasteiger partial charge in [-0.1, -0.05) is 55.5 Å². The van der Waals surface area contributed by atoms with Crippen LogP contribution in [0.5, 0.6) is 0 Å². The van der Waals surface area contributed by atoms with Gasteiger partial charge < -0.3 is 14.6 Å². The van der Waals surface area contributed by atoms with Crippen LogP contribution >= 0.6 is 11.3 Å².